The first kappa shape index (κ1) is 30.1. The van der Waals surface area contributed by atoms with E-state index in [2.05, 4.69) is 50.1 Å². The smallest absolute Gasteiger partial charge is 0.229 e. The maximum Gasteiger partial charge on any atom is 0.229 e. The summed E-state index contributed by atoms with van der Waals surface area (Å²) in [4.78, 5) is 20.4. The van der Waals surface area contributed by atoms with Crippen molar-refractivity contribution in [2.45, 2.75) is 94.6 Å². The van der Waals surface area contributed by atoms with E-state index in [4.69, 9.17) is 16.3 Å². The van der Waals surface area contributed by atoms with Gasteiger partial charge in [0.1, 0.15) is 10.8 Å². The molecule has 0 saturated heterocycles. The number of benzene rings is 1. The Morgan fingerprint density at radius 2 is 1.81 bits per heavy atom. The van der Waals surface area contributed by atoms with Gasteiger partial charge >= 0.3 is 0 Å². The fraction of sp³-hybridized carbons (Fsp3) is 0.517. The van der Waals surface area contributed by atoms with E-state index < -0.39 is 15.1 Å². The highest BCUT2D eigenvalue weighted by atomic mass is 35.5. The highest BCUT2D eigenvalue weighted by Crippen LogP contribution is 2.41. The van der Waals surface area contributed by atoms with E-state index >= 15 is 0 Å². The number of ether oxygens (including phenoxy) is 1. The number of nitrogens with zero attached hydrogens (tertiary/aromatic N) is 4. The molecule has 11 nitrogen and oxygen atoms in total. The van der Waals surface area contributed by atoms with Gasteiger partial charge in [-0.1, -0.05) is 11.6 Å². The summed E-state index contributed by atoms with van der Waals surface area (Å²) in [6, 6.07) is 4.43. The molecule has 0 unspecified atom stereocenters. The van der Waals surface area contributed by atoms with Gasteiger partial charge in [-0.05, 0) is 88.5 Å². The topological polar surface area (TPSA) is 140 Å². The third kappa shape index (κ3) is 6.81. The van der Waals surface area contributed by atoms with E-state index in [-0.39, 0.29) is 45.6 Å². The van der Waals surface area contributed by atoms with E-state index in [1.165, 1.54) is 16.4 Å². The molecule has 0 atom stereocenters. The number of anilines is 4. The molecule has 2 aliphatic carbocycles. The molecule has 2 aromatic heterocycles. The van der Waals surface area contributed by atoms with Gasteiger partial charge < -0.3 is 20.7 Å². The minimum atomic E-state index is -3.65. The average molecular weight is 616 g/mol. The number of halogens is 1. The van der Waals surface area contributed by atoms with Crippen LogP contribution in [0.4, 0.5) is 23.1 Å². The van der Waals surface area contributed by atoms with Crippen LogP contribution in [-0.2, 0) is 21.7 Å². The molecule has 1 aromatic carbocycles. The molecular formula is C29H38ClN7O4S. The minimum Gasteiger partial charge on any atom is -0.488 e. The van der Waals surface area contributed by atoms with Crippen LogP contribution in [0.1, 0.15) is 76.3 Å². The van der Waals surface area contributed by atoms with Crippen LogP contribution in [0, 0.1) is 6.92 Å². The lowest BCUT2D eigenvalue weighted by molar-refractivity contribution is -0.119. The Hall–Kier alpha value is -3.38. The fourth-order valence-corrected chi connectivity index (χ4v) is 6.53. The number of carbonyl (C=O) groups excluding carboxylic acids is 1. The summed E-state index contributed by atoms with van der Waals surface area (Å²) in [7, 11) is -1.99. The zero-order valence-electron chi connectivity index (χ0n) is 24.6. The van der Waals surface area contributed by atoms with Crippen LogP contribution in [-0.4, -0.2) is 51.5 Å². The molecule has 2 fully saturated rings. The van der Waals surface area contributed by atoms with Crippen LogP contribution in [0.5, 0.6) is 5.75 Å². The molecular weight excluding hydrogens is 578 g/mol. The van der Waals surface area contributed by atoms with Crippen molar-refractivity contribution in [2.24, 2.45) is 7.05 Å². The number of amides is 1. The quantitative estimate of drug-likeness (QED) is 0.268. The largest absolute Gasteiger partial charge is 0.488 e. The predicted molar refractivity (Wildman–Crippen MR) is 163 cm³/mol. The maximum absolute atomic E-state index is 12.9. The molecule has 0 bridgehead atoms. The van der Waals surface area contributed by atoms with Crippen LogP contribution >= 0.6 is 11.6 Å². The Kier molecular flexibility index (Phi) is 8.66. The van der Waals surface area contributed by atoms with Crippen molar-refractivity contribution < 1.29 is 17.9 Å². The fourth-order valence-electron chi connectivity index (χ4n) is 5.29. The van der Waals surface area contributed by atoms with E-state index in [1.54, 1.807) is 34.0 Å². The van der Waals surface area contributed by atoms with Gasteiger partial charge in [-0.3, -0.25) is 9.48 Å². The maximum atomic E-state index is 12.9. The molecule has 2 heterocycles. The average Bonchev–Trinajstić information content (AvgIpc) is 3.66. The summed E-state index contributed by atoms with van der Waals surface area (Å²) in [6.07, 6.45) is 9.16. The summed E-state index contributed by atoms with van der Waals surface area (Å²) in [5, 5.41) is 13.1. The molecule has 13 heteroatoms. The van der Waals surface area contributed by atoms with Crippen molar-refractivity contribution in [1.29, 1.82) is 0 Å². The van der Waals surface area contributed by atoms with Gasteiger partial charge in [0.25, 0.3) is 0 Å². The van der Waals surface area contributed by atoms with Crippen molar-refractivity contribution in [3.63, 3.8) is 0 Å². The molecule has 42 heavy (non-hydrogen) atoms. The lowest BCUT2D eigenvalue weighted by Crippen LogP contribution is -2.35. The highest BCUT2D eigenvalue weighted by molar-refractivity contribution is 7.92. The Labute approximate surface area is 251 Å². The van der Waals surface area contributed by atoms with E-state index in [0.717, 1.165) is 55.5 Å². The highest BCUT2D eigenvalue weighted by Gasteiger charge is 2.29. The van der Waals surface area contributed by atoms with E-state index in [9.17, 15) is 13.2 Å². The van der Waals surface area contributed by atoms with Gasteiger partial charge in [0, 0.05) is 26.2 Å². The summed E-state index contributed by atoms with van der Waals surface area (Å²) in [5.74, 6) is 1.69. The number of carbonyl (C=O) groups is 1. The first-order valence-electron chi connectivity index (χ1n) is 14.3. The molecule has 2 aliphatic rings. The van der Waals surface area contributed by atoms with E-state index in [1.807, 2.05) is 0 Å². The summed E-state index contributed by atoms with van der Waals surface area (Å²) in [6.45, 7) is 6.88. The van der Waals surface area contributed by atoms with Gasteiger partial charge in [-0.25, -0.2) is 13.4 Å². The zero-order valence-corrected chi connectivity index (χ0v) is 26.1. The number of hydrogen-bond acceptors (Lipinski definition) is 9. The molecule has 0 aliphatic heterocycles. The van der Waals surface area contributed by atoms with E-state index in [0.29, 0.717) is 5.92 Å². The molecule has 3 aromatic rings. The Morgan fingerprint density at radius 1 is 1.10 bits per heavy atom. The van der Waals surface area contributed by atoms with Crippen molar-refractivity contribution in [1.82, 2.24) is 25.1 Å². The van der Waals surface area contributed by atoms with Crippen LogP contribution in [0.25, 0.3) is 0 Å². The summed E-state index contributed by atoms with van der Waals surface area (Å²) >= 11 is 6.42. The van der Waals surface area contributed by atoms with Gasteiger partial charge in [0.15, 0.2) is 5.82 Å². The predicted octanol–water partition coefficient (Wildman–Crippen LogP) is 5.54. The van der Waals surface area contributed by atoms with Crippen molar-refractivity contribution >= 4 is 50.5 Å². The molecule has 0 spiro atoms. The summed E-state index contributed by atoms with van der Waals surface area (Å²) in [5.41, 5.74) is 3.42. The monoisotopic (exact) mass is 615 g/mol. The van der Waals surface area contributed by atoms with Crippen molar-refractivity contribution in [3.05, 3.63) is 40.7 Å². The Bertz CT molecular complexity index is 1580. The van der Waals surface area contributed by atoms with Crippen LogP contribution in [0.2, 0.25) is 5.02 Å². The Morgan fingerprint density at radius 3 is 2.45 bits per heavy atom. The van der Waals surface area contributed by atoms with Crippen LogP contribution < -0.4 is 20.7 Å². The third-order valence-corrected chi connectivity index (χ3v) is 10.0. The lowest BCUT2D eigenvalue weighted by Gasteiger charge is -2.30. The molecule has 0 radical (unpaired) electrons. The minimum absolute atomic E-state index is 0.0226. The molecule has 3 N–H and O–H groups in total. The number of rotatable bonds is 10. The standard InChI is InChI=1S/C29H38ClN7O4S/c1-16(2)42(39,40)28-25(15-37(5)36-28)33-27-23(30)14-31-29(35-27)34-24-12-17(3)22(13-26(24)41-21-10-11-21)19-6-8-20(9-7-19)32-18(4)38/h12-16,19-21H,6-11H2,1-5H3,(H,32,38)(H2,31,33,34,35). The molecule has 1 amide bonds. The van der Waals surface area contributed by atoms with Crippen molar-refractivity contribution in [3.8, 4) is 5.75 Å². The SMILES string of the molecule is CC(=O)NC1CCC(c2cc(OC3CC3)c(Nc3ncc(Cl)c(Nc4cn(C)nc4S(=O)(=O)C(C)C)n3)cc2C)CC1. The second-order valence-electron chi connectivity index (χ2n) is 11.5. The van der Waals surface area contributed by atoms with Crippen molar-refractivity contribution in [2.75, 3.05) is 10.6 Å². The van der Waals surface area contributed by atoms with Crippen LogP contribution in [0.3, 0.4) is 0 Å². The third-order valence-electron chi connectivity index (χ3n) is 7.69. The van der Waals surface area contributed by atoms with Gasteiger partial charge in [0.2, 0.25) is 26.7 Å². The van der Waals surface area contributed by atoms with Crippen LogP contribution in [0.15, 0.2) is 29.6 Å². The second kappa shape index (κ2) is 12.1. The second-order valence-corrected chi connectivity index (χ2v) is 14.4. The summed E-state index contributed by atoms with van der Waals surface area (Å²) < 4.78 is 33.5. The molecule has 2 saturated carbocycles. The molecule has 5 rings (SSSR count). The molecule has 226 valence electrons. The number of nitrogens with one attached hydrogen (secondary N) is 3. The number of aryl methyl sites for hydroxylation is 2. The first-order valence-corrected chi connectivity index (χ1v) is 16.3. The number of aromatic nitrogens is 4. The van der Waals surface area contributed by atoms with Gasteiger partial charge in [-0.2, -0.15) is 10.1 Å². The lowest BCUT2D eigenvalue weighted by atomic mass is 9.80. The first-order chi connectivity index (χ1) is 19.9. The number of sulfone groups is 1. The van der Waals surface area contributed by atoms with Gasteiger partial charge in [0.05, 0.1) is 28.9 Å². The zero-order chi connectivity index (χ0) is 30.2. The Balaban J connectivity index is 1.39. The normalized spacial score (nSPS) is 19.0. The number of hydrogen-bond donors (Lipinski definition) is 3. The van der Waals surface area contributed by atoms with Gasteiger partial charge in [-0.15, -0.1) is 0 Å².